The van der Waals surface area contributed by atoms with Crippen LogP contribution >= 0.6 is 0 Å². The second-order valence-electron chi connectivity index (χ2n) is 4.27. The van der Waals surface area contributed by atoms with E-state index in [1.807, 2.05) is 6.07 Å². The number of tetrazole rings is 1. The van der Waals surface area contributed by atoms with Crippen molar-refractivity contribution in [2.75, 3.05) is 5.32 Å². The van der Waals surface area contributed by atoms with E-state index in [1.54, 1.807) is 18.2 Å². The Morgan fingerprint density at radius 1 is 1.14 bits per heavy atom. The Hall–Kier alpha value is -3.09. The summed E-state index contributed by atoms with van der Waals surface area (Å²) in [6.45, 7) is 0. The van der Waals surface area contributed by atoms with Gasteiger partial charge in [-0.2, -0.15) is 0 Å². The Kier molecular flexibility index (Phi) is 3.38. The summed E-state index contributed by atoms with van der Waals surface area (Å²) in [4.78, 5) is 12.0. The third-order valence-electron chi connectivity index (χ3n) is 2.82. The van der Waals surface area contributed by atoms with E-state index in [-0.39, 0.29) is 11.7 Å². The number of nitrogens with zero attached hydrogens (tertiary/aromatic N) is 4. The smallest absolute Gasteiger partial charge is 0.255 e. The van der Waals surface area contributed by atoms with Crippen LogP contribution in [0.5, 0.6) is 0 Å². The quantitative estimate of drug-likeness (QED) is 0.798. The standard InChI is InChI=1S/C14H10FN5O/c15-11-6-4-10(5-7-11)14(21)17-12-2-1-3-13(8-12)20-9-16-18-19-20/h1-9H,(H,17,21). The molecular formula is C14H10FN5O. The van der Waals surface area contributed by atoms with Crippen molar-refractivity contribution in [1.29, 1.82) is 0 Å². The van der Waals surface area contributed by atoms with Crippen molar-refractivity contribution in [1.82, 2.24) is 20.2 Å². The predicted molar refractivity (Wildman–Crippen MR) is 73.5 cm³/mol. The van der Waals surface area contributed by atoms with Crippen LogP contribution in [0, 0.1) is 5.82 Å². The molecule has 3 aromatic rings. The molecule has 0 saturated carbocycles. The normalized spacial score (nSPS) is 10.3. The topological polar surface area (TPSA) is 72.7 Å². The Labute approximate surface area is 119 Å². The van der Waals surface area contributed by atoms with Crippen LogP contribution in [0.1, 0.15) is 10.4 Å². The van der Waals surface area contributed by atoms with E-state index in [2.05, 4.69) is 20.8 Å². The van der Waals surface area contributed by atoms with Crippen molar-refractivity contribution < 1.29 is 9.18 Å². The lowest BCUT2D eigenvalue weighted by Gasteiger charge is -2.07. The third kappa shape index (κ3) is 2.92. The van der Waals surface area contributed by atoms with Crippen LogP contribution in [-0.2, 0) is 0 Å². The SMILES string of the molecule is O=C(Nc1cccc(-n2cnnn2)c1)c1ccc(F)cc1. The fourth-order valence-electron chi connectivity index (χ4n) is 1.81. The number of amides is 1. The number of anilines is 1. The molecule has 1 amide bonds. The highest BCUT2D eigenvalue weighted by Crippen LogP contribution is 2.14. The van der Waals surface area contributed by atoms with E-state index in [0.29, 0.717) is 11.3 Å². The minimum absolute atomic E-state index is 0.316. The van der Waals surface area contributed by atoms with Gasteiger partial charge in [0.1, 0.15) is 12.1 Å². The van der Waals surface area contributed by atoms with Crippen LogP contribution in [-0.4, -0.2) is 26.1 Å². The average Bonchev–Trinajstić information content (AvgIpc) is 3.02. The first-order valence-electron chi connectivity index (χ1n) is 6.13. The lowest BCUT2D eigenvalue weighted by molar-refractivity contribution is 0.102. The number of nitrogens with one attached hydrogen (secondary N) is 1. The summed E-state index contributed by atoms with van der Waals surface area (Å²) in [5, 5.41) is 13.6. The van der Waals surface area contributed by atoms with Crippen molar-refractivity contribution in [3.8, 4) is 5.69 Å². The molecule has 2 aromatic carbocycles. The molecular weight excluding hydrogens is 273 g/mol. The first-order chi connectivity index (χ1) is 10.2. The van der Waals surface area contributed by atoms with Crippen LogP contribution in [0.3, 0.4) is 0 Å². The Morgan fingerprint density at radius 3 is 2.67 bits per heavy atom. The molecule has 0 spiro atoms. The molecule has 0 aliphatic heterocycles. The van der Waals surface area contributed by atoms with E-state index in [9.17, 15) is 9.18 Å². The second kappa shape index (κ2) is 5.49. The maximum Gasteiger partial charge on any atom is 0.255 e. The second-order valence-corrected chi connectivity index (χ2v) is 4.27. The Morgan fingerprint density at radius 2 is 1.95 bits per heavy atom. The molecule has 0 radical (unpaired) electrons. The van der Waals surface area contributed by atoms with Crippen LogP contribution in [0.15, 0.2) is 54.9 Å². The van der Waals surface area contributed by atoms with E-state index in [1.165, 1.54) is 35.3 Å². The summed E-state index contributed by atoms with van der Waals surface area (Å²) in [6.07, 6.45) is 1.46. The predicted octanol–water partition coefficient (Wildman–Crippen LogP) is 2.05. The van der Waals surface area contributed by atoms with Gasteiger partial charge in [-0.05, 0) is 52.9 Å². The molecule has 1 heterocycles. The van der Waals surface area contributed by atoms with Gasteiger partial charge in [0.05, 0.1) is 5.69 Å². The van der Waals surface area contributed by atoms with Crippen molar-refractivity contribution in [2.45, 2.75) is 0 Å². The summed E-state index contributed by atoms with van der Waals surface area (Å²) in [7, 11) is 0. The number of rotatable bonds is 3. The molecule has 6 nitrogen and oxygen atoms in total. The molecule has 0 saturated heterocycles. The molecule has 0 fully saturated rings. The number of hydrogen-bond donors (Lipinski definition) is 1. The van der Waals surface area contributed by atoms with Gasteiger partial charge < -0.3 is 5.32 Å². The molecule has 1 N–H and O–H groups in total. The lowest BCUT2D eigenvalue weighted by Crippen LogP contribution is -2.12. The van der Waals surface area contributed by atoms with Gasteiger partial charge in [0.15, 0.2) is 0 Å². The summed E-state index contributed by atoms with van der Waals surface area (Å²) in [5.41, 5.74) is 1.69. The number of carbonyl (C=O) groups is 1. The van der Waals surface area contributed by atoms with Crippen LogP contribution in [0.25, 0.3) is 5.69 Å². The van der Waals surface area contributed by atoms with Crippen molar-refractivity contribution in [2.24, 2.45) is 0 Å². The van der Waals surface area contributed by atoms with E-state index in [0.717, 1.165) is 5.69 Å². The van der Waals surface area contributed by atoms with Gasteiger partial charge in [-0.15, -0.1) is 5.10 Å². The summed E-state index contributed by atoms with van der Waals surface area (Å²) < 4.78 is 14.3. The fourth-order valence-corrected chi connectivity index (χ4v) is 1.81. The van der Waals surface area contributed by atoms with Crippen molar-refractivity contribution in [3.63, 3.8) is 0 Å². The molecule has 0 aliphatic rings. The summed E-state index contributed by atoms with van der Waals surface area (Å²) in [6, 6.07) is 12.4. The molecule has 7 heteroatoms. The van der Waals surface area contributed by atoms with Gasteiger partial charge in [-0.1, -0.05) is 6.07 Å². The van der Waals surface area contributed by atoms with Gasteiger partial charge in [0.2, 0.25) is 0 Å². The number of carbonyl (C=O) groups excluding carboxylic acids is 1. The Balaban J connectivity index is 1.80. The van der Waals surface area contributed by atoms with Gasteiger partial charge in [-0.3, -0.25) is 4.79 Å². The van der Waals surface area contributed by atoms with Crippen molar-refractivity contribution in [3.05, 3.63) is 66.2 Å². The zero-order valence-electron chi connectivity index (χ0n) is 10.8. The minimum Gasteiger partial charge on any atom is -0.322 e. The van der Waals surface area contributed by atoms with Gasteiger partial charge in [-0.25, -0.2) is 9.07 Å². The molecule has 1 aromatic heterocycles. The van der Waals surface area contributed by atoms with Gasteiger partial charge in [0, 0.05) is 11.3 Å². The average molecular weight is 283 g/mol. The highest BCUT2D eigenvalue weighted by Gasteiger charge is 2.07. The van der Waals surface area contributed by atoms with E-state index < -0.39 is 0 Å². The molecule has 21 heavy (non-hydrogen) atoms. The van der Waals surface area contributed by atoms with Crippen molar-refractivity contribution >= 4 is 11.6 Å². The zero-order chi connectivity index (χ0) is 14.7. The number of aromatic nitrogens is 4. The number of benzene rings is 2. The van der Waals surface area contributed by atoms with E-state index in [4.69, 9.17) is 0 Å². The largest absolute Gasteiger partial charge is 0.322 e. The number of hydrogen-bond acceptors (Lipinski definition) is 4. The van der Waals surface area contributed by atoms with Crippen LogP contribution in [0.2, 0.25) is 0 Å². The highest BCUT2D eigenvalue weighted by atomic mass is 19.1. The third-order valence-corrected chi connectivity index (χ3v) is 2.82. The molecule has 0 bridgehead atoms. The zero-order valence-corrected chi connectivity index (χ0v) is 10.8. The summed E-state index contributed by atoms with van der Waals surface area (Å²) in [5.74, 6) is -0.698. The maximum absolute atomic E-state index is 12.8. The Bertz CT molecular complexity index is 755. The molecule has 3 rings (SSSR count). The lowest BCUT2D eigenvalue weighted by atomic mass is 10.2. The minimum atomic E-state index is -0.382. The highest BCUT2D eigenvalue weighted by molar-refractivity contribution is 6.04. The number of halogens is 1. The first-order valence-corrected chi connectivity index (χ1v) is 6.13. The first kappa shape index (κ1) is 12.9. The molecule has 104 valence electrons. The fraction of sp³-hybridized carbons (Fsp3) is 0. The van der Waals surface area contributed by atoms with Crippen LogP contribution < -0.4 is 5.32 Å². The summed E-state index contributed by atoms with van der Waals surface area (Å²) >= 11 is 0. The van der Waals surface area contributed by atoms with Gasteiger partial charge in [0.25, 0.3) is 5.91 Å². The van der Waals surface area contributed by atoms with E-state index >= 15 is 0 Å². The molecule has 0 aliphatic carbocycles. The van der Waals surface area contributed by atoms with Crippen LogP contribution in [0.4, 0.5) is 10.1 Å². The monoisotopic (exact) mass is 283 g/mol. The molecule has 0 atom stereocenters. The molecule has 0 unspecified atom stereocenters. The maximum atomic E-state index is 12.8. The van der Waals surface area contributed by atoms with Gasteiger partial charge >= 0.3 is 0 Å².